The first kappa shape index (κ1) is 14.2. The molecule has 0 amide bonds. The first-order valence-electron chi connectivity index (χ1n) is 5.69. The van der Waals surface area contributed by atoms with Crippen LogP contribution in [0.1, 0.15) is 32.6 Å². The largest absolute Gasteiger partial charge is 0.525 e. The Kier molecular flexibility index (Phi) is 3.75. The smallest absolute Gasteiger partial charge is 0.398 e. The minimum absolute atomic E-state index is 0.400. The van der Waals surface area contributed by atoms with E-state index in [1.54, 1.807) is 0 Å². The molecule has 1 fully saturated rings. The molecule has 0 aliphatic carbocycles. The van der Waals surface area contributed by atoms with Gasteiger partial charge in [0.15, 0.2) is 0 Å². The summed E-state index contributed by atoms with van der Waals surface area (Å²) >= 11 is 4.81. The van der Waals surface area contributed by atoms with Crippen LogP contribution in [-0.4, -0.2) is 18.3 Å². The van der Waals surface area contributed by atoms with Gasteiger partial charge in [0.2, 0.25) is 0 Å². The second kappa shape index (κ2) is 4.74. The Bertz CT molecular complexity index is 468. The van der Waals surface area contributed by atoms with Gasteiger partial charge in [-0.15, -0.1) is 11.3 Å². The van der Waals surface area contributed by atoms with E-state index in [0.717, 1.165) is 8.66 Å². The van der Waals surface area contributed by atoms with Gasteiger partial charge in [-0.1, -0.05) is 0 Å². The standard InChI is InChI=1S/C12H15BBrFO2S/c1-11(2)12(3,4)17-13(16-11)9(15)7-8-5-6-10(14)18-8/h5-7H,1-4H3. The third kappa shape index (κ3) is 2.71. The molecule has 0 unspecified atom stereocenters. The van der Waals surface area contributed by atoms with E-state index in [9.17, 15) is 4.39 Å². The zero-order valence-electron chi connectivity index (χ0n) is 10.8. The molecule has 98 valence electrons. The van der Waals surface area contributed by atoms with Crippen LogP contribution in [0.4, 0.5) is 4.39 Å². The Morgan fingerprint density at radius 3 is 2.28 bits per heavy atom. The van der Waals surface area contributed by atoms with Gasteiger partial charge in [0.1, 0.15) is 5.73 Å². The highest BCUT2D eigenvalue weighted by Gasteiger charge is 2.53. The number of thiophene rings is 1. The lowest BCUT2D eigenvalue weighted by Gasteiger charge is -2.32. The molecule has 18 heavy (non-hydrogen) atoms. The van der Waals surface area contributed by atoms with Crippen LogP contribution in [-0.2, 0) is 9.31 Å². The van der Waals surface area contributed by atoms with Crippen molar-refractivity contribution in [2.24, 2.45) is 0 Å². The van der Waals surface area contributed by atoms with Crippen LogP contribution in [0.5, 0.6) is 0 Å². The van der Waals surface area contributed by atoms with Crippen molar-refractivity contribution in [1.82, 2.24) is 0 Å². The molecule has 1 aliphatic rings. The zero-order valence-corrected chi connectivity index (χ0v) is 13.2. The highest BCUT2D eigenvalue weighted by molar-refractivity contribution is 9.11. The normalized spacial score (nSPS) is 22.6. The monoisotopic (exact) mass is 332 g/mol. The lowest BCUT2D eigenvalue weighted by Crippen LogP contribution is -2.41. The van der Waals surface area contributed by atoms with E-state index in [1.165, 1.54) is 17.4 Å². The first-order valence-corrected chi connectivity index (χ1v) is 7.30. The van der Waals surface area contributed by atoms with Crippen LogP contribution in [0.25, 0.3) is 6.08 Å². The number of rotatable bonds is 2. The SMILES string of the molecule is CC1(C)OB(C(F)=Cc2ccc(Br)s2)OC1(C)C. The van der Waals surface area contributed by atoms with Crippen molar-refractivity contribution >= 4 is 40.5 Å². The maximum Gasteiger partial charge on any atom is 0.525 e. The van der Waals surface area contributed by atoms with Crippen molar-refractivity contribution in [2.75, 3.05) is 0 Å². The molecule has 2 heterocycles. The summed E-state index contributed by atoms with van der Waals surface area (Å²) in [4.78, 5) is 0.828. The van der Waals surface area contributed by atoms with Gasteiger partial charge in [-0.05, 0) is 61.8 Å². The van der Waals surface area contributed by atoms with Crippen molar-refractivity contribution in [2.45, 2.75) is 38.9 Å². The minimum atomic E-state index is -0.920. The summed E-state index contributed by atoms with van der Waals surface area (Å²) < 4.78 is 26.3. The summed E-state index contributed by atoms with van der Waals surface area (Å²) in [7, 11) is -0.920. The average Bonchev–Trinajstić information content (AvgIpc) is 2.70. The molecule has 0 aromatic carbocycles. The van der Waals surface area contributed by atoms with Gasteiger partial charge in [0.25, 0.3) is 0 Å². The second-order valence-corrected chi connectivity index (χ2v) is 7.75. The van der Waals surface area contributed by atoms with Gasteiger partial charge >= 0.3 is 7.12 Å². The zero-order chi connectivity index (χ0) is 13.6. The van der Waals surface area contributed by atoms with E-state index in [-0.39, 0.29) is 0 Å². The molecule has 1 aromatic rings. The number of hydrogen-bond donors (Lipinski definition) is 0. The Labute approximate surface area is 119 Å². The molecule has 1 aromatic heterocycles. The van der Waals surface area contributed by atoms with E-state index >= 15 is 0 Å². The summed E-state index contributed by atoms with van der Waals surface area (Å²) in [6.07, 6.45) is 1.46. The van der Waals surface area contributed by atoms with Crippen LogP contribution >= 0.6 is 27.3 Å². The van der Waals surface area contributed by atoms with Gasteiger partial charge < -0.3 is 9.31 Å². The van der Waals surface area contributed by atoms with E-state index < -0.39 is 24.0 Å². The van der Waals surface area contributed by atoms with Crippen molar-refractivity contribution in [3.63, 3.8) is 0 Å². The van der Waals surface area contributed by atoms with Crippen molar-refractivity contribution in [3.8, 4) is 0 Å². The third-order valence-corrected chi connectivity index (χ3v) is 4.92. The first-order chi connectivity index (χ1) is 8.21. The fraction of sp³-hybridized carbons (Fsp3) is 0.500. The molecule has 0 N–H and O–H groups in total. The van der Waals surface area contributed by atoms with E-state index in [4.69, 9.17) is 9.31 Å². The molecular formula is C12H15BBrFO2S. The molecule has 0 saturated carbocycles. The Morgan fingerprint density at radius 1 is 1.28 bits per heavy atom. The Hall–Kier alpha value is -0.165. The number of halogens is 2. The second-order valence-electron chi connectivity index (χ2n) is 5.26. The molecule has 1 aliphatic heterocycles. The van der Waals surface area contributed by atoms with Crippen molar-refractivity contribution < 1.29 is 13.7 Å². The summed E-state index contributed by atoms with van der Waals surface area (Å²) in [6, 6.07) is 3.73. The third-order valence-electron chi connectivity index (χ3n) is 3.35. The van der Waals surface area contributed by atoms with Crippen LogP contribution in [0.2, 0.25) is 0 Å². The van der Waals surface area contributed by atoms with Gasteiger partial charge in [0.05, 0.1) is 15.0 Å². The Balaban J connectivity index is 2.17. The predicted molar refractivity (Wildman–Crippen MR) is 77.2 cm³/mol. The van der Waals surface area contributed by atoms with Gasteiger partial charge in [-0.3, -0.25) is 0 Å². The molecular weight excluding hydrogens is 318 g/mol. The van der Waals surface area contributed by atoms with Crippen LogP contribution in [0.15, 0.2) is 21.6 Å². The summed E-state index contributed by atoms with van der Waals surface area (Å²) in [5.74, 6) is 0. The average molecular weight is 333 g/mol. The highest BCUT2D eigenvalue weighted by Crippen LogP contribution is 2.39. The molecule has 0 radical (unpaired) electrons. The fourth-order valence-electron chi connectivity index (χ4n) is 1.57. The predicted octanol–water partition coefficient (Wildman–Crippen LogP) is 4.45. The fourth-order valence-corrected chi connectivity index (χ4v) is 2.93. The topological polar surface area (TPSA) is 18.5 Å². The van der Waals surface area contributed by atoms with Crippen molar-refractivity contribution in [1.29, 1.82) is 0 Å². The molecule has 6 heteroatoms. The van der Waals surface area contributed by atoms with Gasteiger partial charge in [0, 0.05) is 4.88 Å². The maximum absolute atomic E-state index is 14.1. The van der Waals surface area contributed by atoms with Crippen LogP contribution < -0.4 is 0 Å². The van der Waals surface area contributed by atoms with Crippen LogP contribution in [0.3, 0.4) is 0 Å². The van der Waals surface area contributed by atoms with Crippen LogP contribution in [0, 0.1) is 0 Å². The minimum Gasteiger partial charge on any atom is -0.398 e. The molecule has 2 nitrogen and oxygen atoms in total. The van der Waals surface area contributed by atoms with Gasteiger partial charge in [-0.25, -0.2) is 4.39 Å². The van der Waals surface area contributed by atoms with E-state index in [2.05, 4.69) is 15.9 Å². The quantitative estimate of drug-likeness (QED) is 0.745. The van der Waals surface area contributed by atoms with E-state index in [0.29, 0.717) is 0 Å². The summed E-state index contributed by atoms with van der Waals surface area (Å²) in [6.45, 7) is 7.62. The lowest BCUT2D eigenvalue weighted by molar-refractivity contribution is 0.00578. The van der Waals surface area contributed by atoms with E-state index in [1.807, 2.05) is 39.8 Å². The summed E-state index contributed by atoms with van der Waals surface area (Å²) in [5, 5.41) is 0. The molecule has 2 rings (SSSR count). The Morgan fingerprint density at radius 2 is 1.83 bits per heavy atom. The van der Waals surface area contributed by atoms with Crippen molar-refractivity contribution in [3.05, 3.63) is 26.5 Å². The summed E-state index contributed by atoms with van der Waals surface area (Å²) in [5.41, 5.74) is -1.43. The molecule has 0 atom stereocenters. The molecule has 0 bridgehead atoms. The molecule has 1 saturated heterocycles. The molecule has 0 spiro atoms. The lowest BCUT2D eigenvalue weighted by atomic mass is 9.87. The highest BCUT2D eigenvalue weighted by atomic mass is 79.9. The maximum atomic E-state index is 14.1. The number of hydrogen-bond acceptors (Lipinski definition) is 3. The van der Waals surface area contributed by atoms with Gasteiger partial charge in [-0.2, -0.15) is 0 Å².